The molecule has 0 spiro atoms. The van der Waals surface area contributed by atoms with Crippen molar-refractivity contribution in [3.8, 4) is 0 Å². The van der Waals surface area contributed by atoms with Crippen LogP contribution in [-0.2, 0) is 23.0 Å². The molecule has 3 nitrogen and oxygen atoms in total. The van der Waals surface area contributed by atoms with Gasteiger partial charge in [0.25, 0.3) is 0 Å². The number of fused-ring (bicyclic) bond motifs is 1. The number of thiophene rings is 1. The lowest BCUT2D eigenvalue weighted by Crippen LogP contribution is -2.36. The largest absolute Gasteiger partial charge is 0.214 e. The lowest BCUT2D eigenvalue weighted by Gasteiger charge is -2.25. The molecule has 0 bridgehead atoms. The number of rotatable bonds is 3. The average molecular weight is 280 g/mol. The van der Waals surface area contributed by atoms with Gasteiger partial charge in [0.2, 0.25) is 10.0 Å². The third kappa shape index (κ3) is 2.42. The van der Waals surface area contributed by atoms with Gasteiger partial charge in [0.05, 0.1) is 10.1 Å². The van der Waals surface area contributed by atoms with Gasteiger partial charge in [-0.2, -0.15) is 4.31 Å². The highest BCUT2D eigenvalue weighted by Crippen LogP contribution is 2.32. The van der Waals surface area contributed by atoms with Crippen LogP contribution in [0.2, 0.25) is 4.34 Å². The second-order valence-corrected chi connectivity index (χ2v) is 7.76. The lowest BCUT2D eigenvalue weighted by molar-refractivity contribution is 0.394. The van der Waals surface area contributed by atoms with Crippen molar-refractivity contribution in [1.82, 2.24) is 4.31 Å². The van der Waals surface area contributed by atoms with Crippen molar-refractivity contribution >= 4 is 33.0 Å². The first-order valence-corrected chi connectivity index (χ1v) is 8.08. The fourth-order valence-electron chi connectivity index (χ4n) is 1.90. The molecular formula is C10H14ClNO2S2. The number of sulfonamides is 1. The molecule has 0 saturated heterocycles. The van der Waals surface area contributed by atoms with E-state index in [2.05, 4.69) is 0 Å². The molecule has 0 aromatic carbocycles. The lowest BCUT2D eigenvalue weighted by atomic mass is 10.1. The molecular weight excluding hydrogens is 266 g/mol. The maximum atomic E-state index is 11.9. The van der Waals surface area contributed by atoms with Gasteiger partial charge in [-0.3, -0.25) is 0 Å². The van der Waals surface area contributed by atoms with E-state index in [9.17, 15) is 8.42 Å². The van der Waals surface area contributed by atoms with E-state index in [-0.39, 0.29) is 5.75 Å². The van der Waals surface area contributed by atoms with Gasteiger partial charge >= 0.3 is 0 Å². The van der Waals surface area contributed by atoms with Gasteiger partial charge in [-0.15, -0.1) is 11.3 Å². The number of halogens is 1. The van der Waals surface area contributed by atoms with E-state index >= 15 is 0 Å². The summed E-state index contributed by atoms with van der Waals surface area (Å²) in [5.74, 6) is 0.236. The van der Waals surface area contributed by atoms with Crippen LogP contribution in [0.4, 0.5) is 0 Å². The van der Waals surface area contributed by atoms with Crippen LogP contribution in [0, 0.1) is 0 Å². The number of hydrogen-bond acceptors (Lipinski definition) is 3. The zero-order chi connectivity index (χ0) is 11.8. The SMILES string of the molecule is CCCS(=O)(=O)N1CCc2sc(Cl)cc2C1. The van der Waals surface area contributed by atoms with E-state index in [1.54, 1.807) is 15.6 Å². The summed E-state index contributed by atoms with van der Waals surface area (Å²) >= 11 is 7.48. The Morgan fingerprint density at radius 3 is 3.00 bits per heavy atom. The molecule has 1 aromatic heterocycles. The first-order chi connectivity index (χ1) is 7.53. The van der Waals surface area contributed by atoms with Crippen LogP contribution < -0.4 is 0 Å². The minimum Gasteiger partial charge on any atom is -0.212 e. The van der Waals surface area contributed by atoms with Gasteiger partial charge in [0, 0.05) is 18.0 Å². The normalized spacial score (nSPS) is 17.4. The second kappa shape index (κ2) is 4.64. The standard InChI is InChI=1S/C10H14ClNO2S2/c1-2-5-16(13,14)12-4-3-9-8(7-12)6-10(11)15-9/h6H,2-5,7H2,1H3. The van der Waals surface area contributed by atoms with Crippen LogP contribution in [0.15, 0.2) is 6.07 Å². The Balaban J connectivity index is 2.19. The van der Waals surface area contributed by atoms with Gasteiger partial charge < -0.3 is 0 Å². The van der Waals surface area contributed by atoms with Crippen LogP contribution in [-0.4, -0.2) is 25.0 Å². The molecule has 6 heteroatoms. The Labute approximate surface area is 105 Å². The van der Waals surface area contributed by atoms with Crippen LogP contribution in [0.3, 0.4) is 0 Å². The van der Waals surface area contributed by atoms with Crippen molar-refractivity contribution < 1.29 is 8.42 Å². The molecule has 0 radical (unpaired) electrons. The van der Waals surface area contributed by atoms with E-state index in [0.717, 1.165) is 16.3 Å². The number of nitrogens with zero attached hydrogens (tertiary/aromatic N) is 1. The molecule has 16 heavy (non-hydrogen) atoms. The topological polar surface area (TPSA) is 37.4 Å². The van der Waals surface area contributed by atoms with Crippen molar-refractivity contribution in [2.24, 2.45) is 0 Å². The molecule has 0 unspecified atom stereocenters. The van der Waals surface area contributed by atoms with Gasteiger partial charge in [0.15, 0.2) is 0 Å². The third-order valence-corrected chi connectivity index (χ3v) is 6.05. The predicted molar refractivity (Wildman–Crippen MR) is 67.5 cm³/mol. The molecule has 0 aliphatic carbocycles. The van der Waals surface area contributed by atoms with E-state index in [1.165, 1.54) is 4.88 Å². The predicted octanol–water partition coefficient (Wildman–Crippen LogP) is 2.50. The molecule has 0 N–H and O–H groups in total. The Hall–Kier alpha value is -0.100. The highest BCUT2D eigenvalue weighted by Gasteiger charge is 2.27. The quantitative estimate of drug-likeness (QED) is 0.853. The van der Waals surface area contributed by atoms with Crippen molar-refractivity contribution in [3.05, 3.63) is 20.8 Å². The van der Waals surface area contributed by atoms with Gasteiger partial charge in [-0.05, 0) is 24.5 Å². The van der Waals surface area contributed by atoms with Crippen LogP contribution in [0.25, 0.3) is 0 Å². The highest BCUT2D eigenvalue weighted by molar-refractivity contribution is 7.89. The third-order valence-electron chi connectivity index (χ3n) is 2.66. The fraction of sp³-hybridized carbons (Fsp3) is 0.600. The first kappa shape index (κ1) is 12.4. The zero-order valence-corrected chi connectivity index (χ0v) is 11.5. The molecule has 0 saturated carbocycles. The monoisotopic (exact) mass is 279 g/mol. The fourth-order valence-corrected chi connectivity index (χ4v) is 4.67. The summed E-state index contributed by atoms with van der Waals surface area (Å²) < 4.78 is 26.1. The summed E-state index contributed by atoms with van der Waals surface area (Å²) in [6.45, 7) is 2.96. The van der Waals surface area contributed by atoms with Crippen molar-refractivity contribution in [1.29, 1.82) is 0 Å². The smallest absolute Gasteiger partial charge is 0.212 e. The second-order valence-electron chi connectivity index (χ2n) is 3.90. The molecule has 0 amide bonds. The summed E-state index contributed by atoms with van der Waals surface area (Å²) in [6, 6.07) is 1.88. The Kier molecular flexibility index (Phi) is 3.59. The van der Waals surface area contributed by atoms with Crippen LogP contribution >= 0.6 is 22.9 Å². The average Bonchev–Trinajstić information content (AvgIpc) is 2.56. The van der Waals surface area contributed by atoms with Crippen molar-refractivity contribution in [2.45, 2.75) is 26.3 Å². The minimum absolute atomic E-state index is 0.236. The van der Waals surface area contributed by atoms with E-state index in [0.29, 0.717) is 19.5 Å². The van der Waals surface area contributed by atoms with E-state index in [1.807, 2.05) is 13.0 Å². The Morgan fingerprint density at radius 2 is 2.31 bits per heavy atom. The summed E-state index contributed by atoms with van der Waals surface area (Å²) in [5, 5.41) is 0. The first-order valence-electron chi connectivity index (χ1n) is 5.28. The molecule has 1 aliphatic heterocycles. The molecule has 2 heterocycles. The molecule has 1 aliphatic rings. The molecule has 0 fully saturated rings. The van der Waals surface area contributed by atoms with Gasteiger partial charge in [-0.25, -0.2) is 8.42 Å². The zero-order valence-electron chi connectivity index (χ0n) is 9.07. The maximum Gasteiger partial charge on any atom is 0.214 e. The Morgan fingerprint density at radius 1 is 1.56 bits per heavy atom. The van der Waals surface area contributed by atoms with Crippen molar-refractivity contribution in [3.63, 3.8) is 0 Å². The maximum absolute atomic E-state index is 11.9. The summed E-state index contributed by atoms with van der Waals surface area (Å²) in [7, 11) is -3.07. The van der Waals surface area contributed by atoms with Gasteiger partial charge in [-0.1, -0.05) is 18.5 Å². The molecule has 0 atom stereocenters. The molecule has 1 aromatic rings. The molecule has 90 valence electrons. The summed E-state index contributed by atoms with van der Waals surface area (Å²) in [6.07, 6.45) is 1.45. The van der Waals surface area contributed by atoms with Crippen molar-refractivity contribution in [2.75, 3.05) is 12.3 Å². The summed E-state index contributed by atoms with van der Waals surface area (Å²) in [4.78, 5) is 1.23. The Bertz CT molecular complexity index is 481. The molecule has 2 rings (SSSR count). The highest BCUT2D eigenvalue weighted by atomic mass is 35.5. The number of hydrogen-bond donors (Lipinski definition) is 0. The van der Waals surface area contributed by atoms with Crippen LogP contribution in [0.1, 0.15) is 23.8 Å². The van der Waals surface area contributed by atoms with Crippen LogP contribution in [0.5, 0.6) is 0 Å². The minimum atomic E-state index is -3.07. The van der Waals surface area contributed by atoms with E-state index < -0.39 is 10.0 Å². The van der Waals surface area contributed by atoms with Gasteiger partial charge in [0.1, 0.15) is 0 Å². The van der Waals surface area contributed by atoms with E-state index in [4.69, 9.17) is 11.6 Å². The summed E-state index contributed by atoms with van der Waals surface area (Å²) in [5.41, 5.74) is 1.07.